The number of nitrogens with zero attached hydrogens (tertiary/aromatic N) is 2. The number of aryl methyl sites for hydroxylation is 1. The maximum absolute atomic E-state index is 11.9. The lowest BCUT2D eigenvalue weighted by atomic mass is 10.0. The zero-order chi connectivity index (χ0) is 15.4. The number of carbonyl (C=O) groups excluding carboxylic acids is 1. The Labute approximate surface area is 122 Å². The van der Waals surface area contributed by atoms with Crippen LogP contribution >= 0.6 is 0 Å². The average Bonchev–Trinajstić information content (AvgIpc) is 2.85. The fraction of sp³-hybridized carbons (Fsp3) is 0.400. The molecular weight excluding hydrogens is 270 g/mol. The Morgan fingerprint density at radius 3 is 2.71 bits per heavy atom. The third-order valence-corrected chi connectivity index (χ3v) is 3.36. The van der Waals surface area contributed by atoms with Crippen LogP contribution in [0.25, 0.3) is 11.0 Å². The van der Waals surface area contributed by atoms with Crippen molar-refractivity contribution in [1.82, 2.24) is 14.9 Å². The summed E-state index contributed by atoms with van der Waals surface area (Å²) in [5.41, 5.74) is 1.84. The van der Waals surface area contributed by atoms with Gasteiger partial charge in [-0.05, 0) is 18.1 Å². The normalized spacial score (nSPS) is 12.5. The predicted octanol–water partition coefficient (Wildman–Crippen LogP) is 1.65. The van der Waals surface area contributed by atoms with Crippen LogP contribution in [0.1, 0.15) is 20.3 Å². The molecule has 0 aliphatic rings. The molecule has 1 aromatic heterocycles. The first-order valence-electron chi connectivity index (χ1n) is 6.91. The number of imidazole rings is 1. The maximum Gasteiger partial charge on any atom is 0.326 e. The molecule has 21 heavy (non-hydrogen) atoms. The number of carboxylic acids is 1. The zero-order valence-corrected chi connectivity index (χ0v) is 12.1. The molecule has 1 amide bonds. The van der Waals surface area contributed by atoms with Crippen molar-refractivity contribution in [2.24, 2.45) is 5.92 Å². The summed E-state index contributed by atoms with van der Waals surface area (Å²) in [6, 6.07) is 6.82. The lowest BCUT2D eigenvalue weighted by Gasteiger charge is -2.17. The van der Waals surface area contributed by atoms with Crippen molar-refractivity contribution in [2.45, 2.75) is 32.9 Å². The quantitative estimate of drug-likeness (QED) is 0.847. The molecule has 0 unspecified atom stereocenters. The summed E-state index contributed by atoms with van der Waals surface area (Å²) in [5.74, 6) is -1.43. The number of carboxylic acid groups (broad SMARTS) is 1. The van der Waals surface area contributed by atoms with Crippen molar-refractivity contribution in [3.8, 4) is 0 Å². The fourth-order valence-corrected chi connectivity index (χ4v) is 2.17. The SMILES string of the molecule is CC(C)[C@@H](NC(=O)CCn1cnc2ccccc21)C(=O)O. The summed E-state index contributed by atoms with van der Waals surface area (Å²) in [7, 11) is 0. The second kappa shape index (κ2) is 6.39. The molecule has 0 saturated carbocycles. The first kappa shape index (κ1) is 15.0. The predicted molar refractivity (Wildman–Crippen MR) is 78.8 cm³/mol. The molecule has 0 fully saturated rings. The summed E-state index contributed by atoms with van der Waals surface area (Å²) < 4.78 is 1.89. The topological polar surface area (TPSA) is 84.2 Å². The van der Waals surface area contributed by atoms with E-state index in [-0.39, 0.29) is 18.2 Å². The van der Waals surface area contributed by atoms with Crippen LogP contribution in [0.3, 0.4) is 0 Å². The lowest BCUT2D eigenvalue weighted by Crippen LogP contribution is -2.44. The number of aliphatic carboxylic acids is 1. The molecule has 2 N–H and O–H groups in total. The van der Waals surface area contributed by atoms with Gasteiger partial charge in [-0.2, -0.15) is 0 Å². The van der Waals surface area contributed by atoms with Crippen molar-refractivity contribution >= 4 is 22.9 Å². The van der Waals surface area contributed by atoms with Crippen molar-refractivity contribution in [1.29, 1.82) is 0 Å². The number of aromatic nitrogens is 2. The number of hydrogen-bond donors (Lipinski definition) is 2. The van der Waals surface area contributed by atoms with Crippen molar-refractivity contribution in [3.05, 3.63) is 30.6 Å². The van der Waals surface area contributed by atoms with E-state index < -0.39 is 12.0 Å². The molecule has 2 aromatic rings. The van der Waals surface area contributed by atoms with Gasteiger partial charge in [0.1, 0.15) is 6.04 Å². The lowest BCUT2D eigenvalue weighted by molar-refractivity contribution is -0.143. The molecule has 1 aromatic carbocycles. The molecule has 2 rings (SSSR count). The van der Waals surface area contributed by atoms with Gasteiger partial charge in [-0.1, -0.05) is 26.0 Å². The van der Waals surface area contributed by atoms with Crippen LogP contribution in [-0.4, -0.2) is 32.6 Å². The number of amides is 1. The van der Waals surface area contributed by atoms with E-state index in [4.69, 9.17) is 5.11 Å². The molecule has 0 aliphatic heterocycles. The summed E-state index contributed by atoms with van der Waals surface area (Å²) in [6.07, 6.45) is 1.91. The fourth-order valence-electron chi connectivity index (χ4n) is 2.17. The van der Waals surface area contributed by atoms with Gasteiger partial charge in [0.05, 0.1) is 17.4 Å². The molecule has 1 heterocycles. The van der Waals surface area contributed by atoms with E-state index in [9.17, 15) is 9.59 Å². The Bertz CT molecular complexity index is 648. The minimum atomic E-state index is -1.01. The minimum Gasteiger partial charge on any atom is -0.480 e. The number of carbonyl (C=O) groups is 2. The standard InChI is InChI=1S/C15H19N3O3/c1-10(2)14(15(20)21)17-13(19)7-8-18-9-16-11-5-3-4-6-12(11)18/h3-6,9-10,14H,7-8H2,1-2H3,(H,17,19)(H,20,21)/t14-/m1/s1. The largest absolute Gasteiger partial charge is 0.480 e. The van der Waals surface area contributed by atoms with Gasteiger partial charge in [0.2, 0.25) is 5.91 Å². The number of fused-ring (bicyclic) bond motifs is 1. The molecule has 0 bridgehead atoms. The number of para-hydroxylation sites is 2. The monoisotopic (exact) mass is 289 g/mol. The minimum absolute atomic E-state index is 0.152. The van der Waals surface area contributed by atoms with Crippen LogP contribution in [-0.2, 0) is 16.1 Å². The highest BCUT2D eigenvalue weighted by Gasteiger charge is 2.23. The van der Waals surface area contributed by atoms with Crippen molar-refractivity contribution in [3.63, 3.8) is 0 Å². The molecule has 6 heteroatoms. The number of rotatable bonds is 6. The van der Waals surface area contributed by atoms with Crippen molar-refractivity contribution < 1.29 is 14.7 Å². The molecule has 112 valence electrons. The van der Waals surface area contributed by atoms with Crippen LogP contribution in [0.4, 0.5) is 0 Å². The Morgan fingerprint density at radius 2 is 2.05 bits per heavy atom. The van der Waals surface area contributed by atoms with E-state index in [1.54, 1.807) is 20.2 Å². The van der Waals surface area contributed by atoms with Gasteiger partial charge in [-0.25, -0.2) is 9.78 Å². The number of benzene rings is 1. The Morgan fingerprint density at radius 1 is 1.33 bits per heavy atom. The van der Waals surface area contributed by atoms with Crippen LogP contribution in [0.15, 0.2) is 30.6 Å². The van der Waals surface area contributed by atoms with Crippen LogP contribution in [0.2, 0.25) is 0 Å². The van der Waals surface area contributed by atoms with E-state index in [0.717, 1.165) is 11.0 Å². The third-order valence-electron chi connectivity index (χ3n) is 3.36. The van der Waals surface area contributed by atoms with E-state index >= 15 is 0 Å². The van der Waals surface area contributed by atoms with Crippen molar-refractivity contribution in [2.75, 3.05) is 0 Å². The van der Waals surface area contributed by atoms with Crippen LogP contribution in [0.5, 0.6) is 0 Å². The molecule has 0 aliphatic carbocycles. The van der Waals surface area contributed by atoms with Gasteiger partial charge in [0, 0.05) is 13.0 Å². The summed E-state index contributed by atoms with van der Waals surface area (Å²) in [4.78, 5) is 27.2. The van der Waals surface area contributed by atoms with E-state index in [0.29, 0.717) is 6.54 Å². The van der Waals surface area contributed by atoms with Gasteiger partial charge in [-0.15, -0.1) is 0 Å². The van der Waals surface area contributed by atoms with Gasteiger partial charge >= 0.3 is 5.97 Å². The maximum atomic E-state index is 11.9. The van der Waals surface area contributed by atoms with E-state index in [1.807, 2.05) is 28.8 Å². The van der Waals surface area contributed by atoms with Gasteiger partial charge < -0.3 is 15.0 Å². The summed E-state index contributed by atoms with van der Waals surface area (Å²) in [6.45, 7) is 4.00. The highest BCUT2D eigenvalue weighted by atomic mass is 16.4. The van der Waals surface area contributed by atoms with Crippen LogP contribution in [0, 0.1) is 5.92 Å². The molecule has 0 spiro atoms. The zero-order valence-electron chi connectivity index (χ0n) is 12.1. The molecule has 6 nitrogen and oxygen atoms in total. The van der Waals surface area contributed by atoms with Crippen LogP contribution < -0.4 is 5.32 Å². The summed E-state index contributed by atoms with van der Waals surface area (Å²) in [5, 5.41) is 11.6. The number of nitrogens with one attached hydrogen (secondary N) is 1. The molecule has 0 saturated heterocycles. The first-order valence-corrected chi connectivity index (χ1v) is 6.91. The first-order chi connectivity index (χ1) is 9.99. The Balaban J connectivity index is 1.96. The Kier molecular flexibility index (Phi) is 4.57. The second-order valence-electron chi connectivity index (χ2n) is 5.30. The smallest absolute Gasteiger partial charge is 0.326 e. The molecule has 1 atom stereocenters. The average molecular weight is 289 g/mol. The van der Waals surface area contributed by atoms with Gasteiger partial charge in [-0.3, -0.25) is 4.79 Å². The Hall–Kier alpha value is -2.37. The van der Waals surface area contributed by atoms with E-state index in [2.05, 4.69) is 10.3 Å². The molecule has 0 radical (unpaired) electrons. The highest BCUT2D eigenvalue weighted by Crippen LogP contribution is 2.12. The highest BCUT2D eigenvalue weighted by molar-refractivity contribution is 5.83. The second-order valence-corrected chi connectivity index (χ2v) is 5.30. The van der Waals surface area contributed by atoms with E-state index in [1.165, 1.54) is 0 Å². The van der Waals surface area contributed by atoms with Gasteiger partial charge in [0.15, 0.2) is 0 Å². The number of hydrogen-bond acceptors (Lipinski definition) is 3. The molecular formula is C15H19N3O3. The summed E-state index contributed by atoms with van der Waals surface area (Å²) >= 11 is 0. The third kappa shape index (κ3) is 3.59. The van der Waals surface area contributed by atoms with Gasteiger partial charge in [0.25, 0.3) is 0 Å².